The van der Waals surface area contributed by atoms with Crippen molar-refractivity contribution >= 4 is 60.4 Å². The fourth-order valence-electron chi connectivity index (χ4n) is 7.51. The first-order valence-corrected chi connectivity index (χ1v) is 18.7. The Hall–Kier alpha value is -6.75. The van der Waals surface area contributed by atoms with Crippen LogP contribution in [0.1, 0.15) is 0 Å². The van der Waals surface area contributed by atoms with Crippen molar-refractivity contribution < 1.29 is 0 Å². The molecule has 0 amide bonds. The Kier molecular flexibility index (Phi) is 7.67. The Morgan fingerprint density at radius 2 is 0.962 bits per heavy atom. The lowest BCUT2D eigenvalue weighted by molar-refractivity contribution is 1.18. The van der Waals surface area contributed by atoms with E-state index in [1.165, 1.54) is 43.2 Å². The quantitative estimate of drug-likeness (QED) is 0.165. The summed E-state index contributed by atoms with van der Waals surface area (Å²) < 4.78 is 3.60. The Balaban J connectivity index is 1.07. The highest BCUT2D eigenvalue weighted by Gasteiger charge is 2.21. The Labute approximate surface area is 312 Å². The summed E-state index contributed by atoms with van der Waals surface area (Å²) in [5, 5.41) is 3.46. The number of benzene rings is 8. The minimum atomic E-state index is 1.04. The highest BCUT2D eigenvalue weighted by molar-refractivity contribution is 7.21. The average Bonchev–Trinajstić information content (AvgIpc) is 3.82. The number of hydrogen-bond acceptors (Lipinski definition) is 3. The molecule has 53 heavy (non-hydrogen) atoms. The second-order valence-corrected chi connectivity index (χ2v) is 14.2. The number of para-hydroxylation sites is 3. The Bertz CT molecular complexity index is 2820. The first-order chi connectivity index (χ1) is 26.3. The van der Waals surface area contributed by atoms with Gasteiger partial charge in [-0.25, -0.2) is 4.98 Å². The van der Waals surface area contributed by atoms with Gasteiger partial charge in [0.15, 0.2) is 0 Å². The average molecular weight is 696 g/mol. The molecule has 0 saturated heterocycles. The third-order valence-electron chi connectivity index (χ3n) is 10.0. The predicted molar refractivity (Wildman–Crippen MR) is 225 cm³/mol. The molecule has 8 aromatic carbocycles. The Morgan fingerprint density at radius 1 is 0.415 bits per heavy atom. The van der Waals surface area contributed by atoms with Crippen LogP contribution in [0.2, 0.25) is 0 Å². The van der Waals surface area contributed by atoms with Crippen LogP contribution in [-0.2, 0) is 0 Å². The maximum atomic E-state index is 4.91. The van der Waals surface area contributed by atoms with Gasteiger partial charge >= 0.3 is 0 Å². The van der Waals surface area contributed by atoms with E-state index in [0.29, 0.717) is 0 Å². The van der Waals surface area contributed by atoms with Gasteiger partial charge in [-0.15, -0.1) is 11.3 Å². The molecule has 0 spiro atoms. The van der Waals surface area contributed by atoms with Crippen LogP contribution >= 0.6 is 11.3 Å². The fourth-order valence-corrected chi connectivity index (χ4v) is 8.48. The van der Waals surface area contributed by atoms with E-state index in [0.717, 1.165) is 44.4 Å². The van der Waals surface area contributed by atoms with Crippen LogP contribution in [0.3, 0.4) is 0 Å². The summed E-state index contributed by atoms with van der Waals surface area (Å²) in [6.07, 6.45) is 0. The van der Waals surface area contributed by atoms with Crippen molar-refractivity contribution in [3.05, 3.63) is 200 Å². The van der Waals surface area contributed by atoms with Gasteiger partial charge in [-0.3, -0.25) is 0 Å². The molecule has 0 unspecified atom stereocenters. The van der Waals surface area contributed by atoms with E-state index in [-0.39, 0.29) is 0 Å². The topological polar surface area (TPSA) is 21.1 Å². The highest BCUT2D eigenvalue weighted by Crippen LogP contribution is 2.44. The number of aromatic nitrogens is 2. The van der Waals surface area contributed by atoms with Crippen LogP contribution in [0.4, 0.5) is 17.1 Å². The summed E-state index contributed by atoms with van der Waals surface area (Å²) >= 11 is 1.74. The number of anilines is 3. The molecule has 0 aliphatic carbocycles. The molecule has 0 saturated carbocycles. The van der Waals surface area contributed by atoms with Crippen molar-refractivity contribution in [3.8, 4) is 38.5 Å². The lowest BCUT2D eigenvalue weighted by Gasteiger charge is -2.26. The summed E-state index contributed by atoms with van der Waals surface area (Å²) in [6, 6.07) is 71.6. The molecular weight excluding hydrogens is 663 g/mol. The second kappa shape index (κ2) is 13.1. The normalized spacial score (nSPS) is 11.4. The van der Waals surface area contributed by atoms with E-state index in [1.54, 1.807) is 11.3 Å². The number of nitrogens with zero attached hydrogens (tertiary/aromatic N) is 3. The van der Waals surface area contributed by atoms with Crippen LogP contribution in [0.5, 0.6) is 0 Å². The lowest BCUT2D eigenvalue weighted by atomic mass is 10.00. The van der Waals surface area contributed by atoms with E-state index in [1.807, 2.05) is 6.07 Å². The third-order valence-corrected chi connectivity index (χ3v) is 11.1. The van der Waals surface area contributed by atoms with Crippen LogP contribution in [0.15, 0.2) is 200 Å². The van der Waals surface area contributed by atoms with Gasteiger partial charge in [-0.05, 0) is 101 Å². The number of fused-ring (bicyclic) bond motifs is 4. The third kappa shape index (κ3) is 5.57. The van der Waals surface area contributed by atoms with Gasteiger partial charge in [0.2, 0.25) is 0 Å². The van der Waals surface area contributed by atoms with Gasteiger partial charge in [0.05, 0.1) is 26.9 Å². The van der Waals surface area contributed by atoms with Crippen molar-refractivity contribution in [1.82, 2.24) is 9.55 Å². The van der Waals surface area contributed by atoms with Gasteiger partial charge in [-0.2, -0.15) is 0 Å². The zero-order valence-electron chi connectivity index (χ0n) is 28.8. The van der Waals surface area contributed by atoms with Crippen LogP contribution in [0, 0.1) is 0 Å². The van der Waals surface area contributed by atoms with Crippen molar-refractivity contribution in [2.75, 3.05) is 4.90 Å². The van der Waals surface area contributed by atoms with Gasteiger partial charge in [-0.1, -0.05) is 121 Å². The molecule has 10 aromatic rings. The zero-order chi connectivity index (χ0) is 35.1. The van der Waals surface area contributed by atoms with Crippen LogP contribution in [0.25, 0.3) is 70.5 Å². The summed E-state index contributed by atoms with van der Waals surface area (Å²) in [5.74, 6) is 0. The molecule has 0 bridgehead atoms. The largest absolute Gasteiger partial charge is 0.310 e. The fraction of sp³-hybridized carbons (Fsp3) is 0. The van der Waals surface area contributed by atoms with Gasteiger partial charge in [0.1, 0.15) is 5.01 Å². The maximum Gasteiger partial charge on any atom is 0.124 e. The zero-order valence-corrected chi connectivity index (χ0v) is 29.6. The molecule has 4 heteroatoms. The summed E-state index contributed by atoms with van der Waals surface area (Å²) in [4.78, 5) is 7.29. The molecular formula is C49H33N3S. The molecule has 2 heterocycles. The lowest BCUT2D eigenvalue weighted by Crippen LogP contribution is -2.10. The number of thiazole rings is 1. The molecule has 0 aliphatic rings. The molecule has 0 fully saturated rings. The maximum absolute atomic E-state index is 4.91. The minimum Gasteiger partial charge on any atom is -0.310 e. The standard InChI is InChI=1S/C49H33N3S/c1-3-12-34(13-4-1)35-22-24-36(25-23-35)37-26-30-40(31-27-37)51(39-14-5-2-6-15-39)45-19-11-20-46-48(45)42-16-7-9-18-44(42)52(46)41-32-28-38(29-33-41)49-50-43-17-8-10-21-47(43)53-49/h1-33H. The molecule has 3 nitrogen and oxygen atoms in total. The monoisotopic (exact) mass is 695 g/mol. The molecule has 0 atom stereocenters. The van der Waals surface area contributed by atoms with E-state index in [9.17, 15) is 0 Å². The SMILES string of the molecule is c1ccc(-c2ccc(-c3ccc(N(c4ccccc4)c4cccc5c4c4ccccc4n5-c4ccc(-c5nc6ccccc6s5)cc4)cc3)cc2)cc1. The van der Waals surface area contributed by atoms with Crippen molar-refractivity contribution in [3.63, 3.8) is 0 Å². The molecule has 10 rings (SSSR count). The predicted octanol–water partition coefficient (Wildman–Crippen LogP) is 13.9. The summed E-state index contributed by atoms with van der Waals surface area (Å²) in [6.45, 7) is 0. The molecule has 0 aliphatic heterocycles. The van der Waals surface area contributed by atoms with E-state index >= 15 is 0 Å². The van der Waals surface area contributed by atoms with Crippen LogP contribution < -0.4 is 4.90 Å². The van der Waals surface area contributed by atoms with E-state index in [4.69, 9.17) is 4.98 Å². The molecule has 2 aromatic heterocycles. The van der Waals surface area contributed by atoms with Gasteiger partial charge < -0.3 is 9.47 Å². The van der Waals surface area contributed by atoms with Crippen molar-refractivity contribution in [1.29, 1.82) is 0 Å². The van der Waals surface area contributed by atoms with Gasteiger partial charge in [0.25, 0.3) is 0 Å². The first-order valence-electron chi connectivity index (χ1n) is 17.9. The molecule has 0 N–H and O–H groups in total. The van der Waals surface area contributed by atoms with E-state index < -0.39 is 0 Å². The van der Waals surface area contributed by atoms with E-state index in [2.05, 4.69) is 204 Å². The number of hydrogen-bond donors (Lipinski definition) is 0. The number of rotatable bonds is 7. The van der Waals surface area contributed by atoms with Crippen LogP contribution in [-0.4, -0.2) is 9.55 Å². The molecule has 0 radical (unpaired) electrons. The van der Waals surface area contributed by atoms with Crippen molar-refractivity contribution in [2.24, 2.45) is 0 Å². The molecule has 250 valence electrons. The van der Waals surface area contributed by atoms with Crippen molar-refractivity contribution in [2.45, 2.75) is 0 Å². The highest BCUT2D eigenvalue weighted by atomic mass is 32.1. The Morgan fingerprint density at radius 3 is 1.68 bits per heavy atom. The first kappa shape index (κ1) is 31.0. The smallest absolute Gasteiger partial charge is 0.124 e. The second-order valence-electron chi connectivity index (χ2n) is 13.2. The minimum absolute atomic E-state index is 1.04. The summed E-state index contributed by atoms with van der Waals surface area (Å²) in [5.41, 5.74) is 13.8. The summed E-state index contributed by atoms with van der Waals surface area (Å²) in [7, 11) is 0. The van der Waals surface area contributed by atoms with Gasteiger partial charge in [0, 0.05) is 33.4 Å².